The Morgan fingerprint density at radius 1 is 1.35 bits per heavy atom. The van der Waals surface area contributed by atoms with Gasteiger partial charge in [0.1, 0.15) is 0 Å². The lowest BCUT2D eigenvalue weighted by Crippen LogP contribution is -2.38. The Morgan fingerprint density at radius 3 is 2.47 bits per heavy atom. The Bertz CT molecular complexity index is 418. The molecule has 0 aliphatic carbocycles. The molecule has 2 N–H and O–H groups in total. The number of carbonyl (C=O) groups excluding carboxylic acids is 1. The van der Waals surface area contributed by atoms with Gasteiger partial charge < -0.3 is 10.6 Å². The fourth-order valence-electron chi connectivity index (χ4n) is 1.54. The van der Waals surface area contributed by atoms with Crippen LogP contribution in [0.15, 0.2) is 18.2 Å². The number of anilines is 1. The highest BCUT2D eigenvalue weighted by atomic mass is 35.5. The van der Waals surface area contributed by atoms with Crippen molar-refractivity contribution in [1.82, 2.24) is 4.90 Å². The zero-order valence-electron chi connectivity index (χ0n) is 10.7. The van der Waals surface area contributed by atoms with Crippen LogP contribution in [0, 0.1) is 5.92 Å². The van der Waals surface area contributed by atoms with Crippen LogP contribution < -0.4 is 5.73 Å². The molecule has 0 heterocycles. The van der Waals surface area contributed by atoms with Crippen molar-refractivity contribution in [3.63, 3.8) is 0 Å². The first-order chi connectivity index (χ1) is 7.84. The second kappa shape index (κ2) is 5.41. The number of halogens is 1. The third-order valence-corrected chi connectivity index (χ3v) is 3.38. The van der Waals surface area contributed by atoms with Gasteiger partial charge in [-0.15, -0.1) is 0 Å². The number of carbonyl (C=O) groups is 1. The van der Waals surface area contributed by atoms with Crippen molar-refractivity contribution in [2.24, 2.45) is 5.92 Å². The van der Waals surface area contributed by atoms with Crippen LogP contribution in [0.4, 0.5) is 5.69 Å². The SMILES string of the molecule is CC(C)C(C)N(C)C(=O)c1cc(Cl)ccc1N. The molecule has 4 heteroatoms. The van der Waals surface area contributed by atoms with Crippen molar-refractivity contribution in [2.75, 3.05) is 12.8 Å². The zero-order chi connectivity index (χ0) is 13.2. The molecule has 0 saturated heterocycles. The monoisotopic (exact) mass is 254 g/mol. The maximum Gasteiger partial charge on any atom is 0.255 e. The van der Waals surface area contributed by atoms with Crippen molar-refractivity contribution < 1.29 is 4.79 Å². The minimum absolute atomic E-state index is 0.0915. The molecule has 1 unspecified atom stereocenters. The van der Waals surface area contributed by atoms with E-state index in [1.165, 1.54) is 0 Å². The van der Waals surface area contributed by atoms with E-state index in [0.29, 0.717) is 22.2 Å². The van der Waals surface area contributed by atoms with Gasteiger partial charge in [0, 0.05) is 23.8 Å². The number of hydrogen-bond donors (Lipinski definition) is 1. The summed E-state index contributed by atoms with van der Waals surface area (Å²) < 4.78 is 0. The Hall–Kier alpha value is -1.22. The molecule has 0 bridgehead atoms. The number of nitrogens with two attached hydrogens (primary N) is 1. The fraction of sp³-hybridized carbons (Fsp3) is 0.462. The minimum atomic E-state index is -0.0915. The molecule has 0 aliphatic rings. The average Bonchev–Trinajstić information content (AvgIpc) is 2.29. The second-order valence-electron chi connectivity index (χ2n) is 4.63. The van der Waals surface area contributed by atoms with Crippen LogP contribution in [-0.4, -0.2) is 23.9 Å². The smallest absolute Gasteiger partial charge is 0.255 e. The standard InChI is InChI=1S/C13H19ClN2O/c1-8(2)9(3)16(4)13(17)11-7-10(14)5-6-12(11)15/h5-9H,15H2,1-4H3. The molecule has 17 heavy (non-hydrogen) atoms. The van der Waals surface area contributed by atoms with E-state index in [2.05, 4.69) is 13.8 Å². The molecular formula is C13H19ClN2O. The molecule has 1 amide bonds. The van der Waals surface area contributed by atoms with Gasteiger partial charge in [0.15, 0.2) is 0 Å². The van der Waals surface area contributed by atoms with E-state index in [1.54, 1.807) is 30.1 Å². The van der Waals surface area contributed by atoms with Crippen molar-refractivity contribution in [1.29, 1.82) is 0 Å². The summed E-state index contributed by atoms with van der Waals surface area (Å²) in [5, 5.41) is 0.521. The minimum Gasteiger partial charge on any atom is -0.398 e. The highest BCUT2D eigenvalue weighted by molar-refractivity contribution is 6.31. The van der Waals surface area contributed by atoms with Crippen LogP contribution in [0.3, 0.4) is 0 Å². The van der Waals surface area contributed by atoms with Crippen LogP contribution >= 0.6 is 11.6 Å². The number of hydrogen-bond acceptors (Lipinski definition) is 2. The van der Waals surface area contributed by atoms with Crippen molar-refractivity contribution in [3.05, 3.63) is 28.8 Å². The lowest BCUT2D eigenvalue weighted by atomic mass is 10.0. The summed E-state index contributed by atoms with van der Waals surface area (Å²) in [6, 6.07) is 5.10. The Kier molecular flexibility index (Phi) is 4.40. The van der Waals surface area contributed by atoms with Crippen molar-refractivity contribution >= 4 is 23.2 Å². The van der Waals surface area contributed by atoms with E-state index in [1.807, 2.05) is 6.92 Å². The highest BCUT2D eigenvalue weighted by Crippen LogP contribution is 2.21. The van der Waals surface area contributed by atoms with Gasteiger partial charge >= 0.3 is 0 Å². The van der Waals surface area contributed by atoms with E-state index in [-0.39, 0.29) is 11.9 Å². The predicted molar refractivity (Wildman–Crippen MR) is 72.3 cm³/mol. The number of amides is 1. The Labute approximate surface area is 108 Å². The summed E-state index contributed by atoms with van der Waals surface area (Å²) in [6.07, 6.45) is 0. The van der Waals surface area contributed by atoms with Crippen molar-refractivity contribution in [3.8, 4) is 0 Å². The largest absolute Gasteiger partial charge is 0.398 e. The van der Waals surface area contributed by atoms with Gasteiger partial charge in [-0.2, -0.15) is 0 Å². The molecule has 94 valence electrons. The summed E-state index contributed by atoms with van der Waals surface area (Å²) in [7, 11) is 1.79. The molecule has 0 aliphatic heterocycles. The molecule has 0 aromatic heterocycles. The predicted octanol–water partition coefficient (Wildman–Crippen LogP) is 3.04. The van der Waals surface area contributed by atoms with Crippen LogP contribution in [-0.2, 0) is 0 Å². The lowest BCUT2D eigenvalue weighted by Gasteiger charge is -2.28. The van der Waals surface area contributed by atoms with E-state index in [9.17, 15) is 4.79 Å². The van der Waals surface area contributed by atoms with E-state index in [4.69, 9.17) is 17.3 Å². The highest BCUT2D eigenvalue weighted by Gasteiger charge is 2.21. The van der Waals surface area contributed by atoms with Crippen LogP contribution in [0.2, 0.25) is 5.02 Å². The van der Waals surface area contributed by atoms with Gasteiger partial charge in [-0.05, 0) is 31.0 Å². The van der Waals surface area contributed by atoms with Gasteiger partial charge in [0.25, 0.3) is 5.91 Å². The van der Waals surface area contributed by atoms with Crippen LogP contribution in [0.5, 0.6) is 0 Å². The van der Waals surface area contributed by atoms with E-state index in [0.717, 1.165) is 0 Å². The van der Waals surface area contributed by atoms with Crippen LogP contribution in [0.25, 0.3) is 0 Å². The normalized spacial score (nSPS) is 12.6. The van der Waals surface area contributed by atoms with Gasteiger partial charge in [-0.25, -0.2) is 0 Å². The summed E-state index contributed by atoms with van der Waals surface area (Å²) in [5.41, 5.74) is 6.72. The molecule has 3 nitrogen and oxygen atoms in total. The number of rotatable bonds is 3. The lowest BCUT2D eigenvalue weighted by molar-refractivity contribution is 0.0708. The van der Waals surface area contributed by atoms with E-state index < -0.39 is 0 Å². The molecule has 0 fully saturated rings. The molecule has 0 saturated carbocycles. The Morgan fingerprint density at radius 2 is 1.94 bits per heavy atom. The maximum absolute atomic E-state index is 12.3. The number of nitrogens with zero attached hydrogens (tertiary/aromatic N) is 1. The third kappa shape index (κ3) is 3.13. The van der Waals surface area contributed by atoms with Gasteiger partial charge in [-0.3, -0.25) is 4.79 Å². The first-order valence-electron chi connectivity index (χ1n) is 5.66. The third-order valence-electron chi connectivity index (χ3n) is 3.14. The maximum atomic E-state index is 12.3. The molecule has 1 rings (SSSR count). The van der Waals surface area contributed by atoms with Crippen molar-refractivity contribution in [2.45, 2.75) is 26.8 Å². The summed E-state index contributed by atoms with van der Waals surface area (Å²) in [5.74, 6) is 0.301. The molecule has 1 aromatic carbocycles. The number of benzene rings is 1. The first-order valence-corrected chi connectivity index (χ1v) is 6.04. The molecule has 1 atom stereocenters. The van der Waals surface area contributed by atoms with Crippen LogP contribution in [0.1, 0.15) is 31.1 Å². The van der Waals surface area contributed by atoms with Gasteiger partial charge in [0.05, 0.1) is 5.56 Å². The number of nitrogen functional groups attached to an aromatic ring is 1. The summed E-state index contributed by atoms with van der Waals surface area (Å²) in [6.45, 7) is 6.18. The Balaban J connectivity index is 3.00. The zero-order valence-corrected chi connectivity index (χ0v) is 11.5. The fourth-order valence-corrected chi connectivity index (χ4v) is 1.71. The molecule has 1 aromatic rings. The molecule has 0 radical (unpaired) electrons. The topological polar surface area (TPSA) is 46.3 Å². The second-order valence-corrected chi connectivity index (χ2v) is 5.07. The average molecular weight is 255 g/mol. The molecular weight excluding hydrogens is 236 g/mol. The van der Waals surface area contributed by atoms with Gasteiger partial charge in [-0.1, -0.05) is 25.4 Å². The molecule has 0 spiro atoms. The summed E-state index contributed by atoms with van der Waals surface area (Å²) in [4.78, 5) is 14.0. The van der Waals surface area contributed by atoms with E-state index >= 15 is 0 Å². The first kappa shape index (κ1) is 13.8. The van der Waals surface area contributed by atoms with Gasteiger partial charge in [0.2, 0.25) is 0 Å². The summed E-state index contributed by atoms with van der Waals surface area (Å²) >= 11 is 5.88. The quantitative estimate of drug-likeness (QED) is 0.843.